The molecule has 5 rings (SSSR count). The van der Waals surface area contributed by atoms with Crippen molar-refractivity contribution < 1.29 is 19.6 Å². The van der Waals surface area contributed by atoms with Crippen LogP contribution in [0.5, 0.6) is 11.6 Å². The number of carbonyl (C=O) groups excluding carboxylic acids is 1. The van der Waals surface area contributed by atoms with Gasteiger partial charge in [0, 0.05) is 11.8 Å². The van der Waals surface area contributed by atoms with E-state index < -0.39 is 7.12 Å². The van der Waals surface area contributed by atoms with E-state index in [9.17, 15) is 4.79 Å². The Morgan fingerprint density at radius 2 is 1.69 bits per heavy atom. The van der Waals surface area contributed by atoms with Gasteiger partial charge >= 0.3 is 7.12 Å². The molecule has 0 saturated heterocycles. The summed E-state index contributed by atoms with van der Waals surface area (Å²) in [5.41, 5.74) is 2.32. The van der Waals surface area contributed by atoms with Gasteiger partial charge in [0.25, 0.3) is 0 Å². The van der Waals surface area contributed by atoms with Crippen molar-refractivity contribution in [3.8, 4) is 17.7 Å². The van der Waals surface area contributed by atoms with E-state index in [4.69, 9.17) is 20.0 Å². The highest BCUT2D eigenvalue weighted by molar-refractivity contribution is 9.10. The predicted molar refractivity (Wildman–Crippen MR) is 142 cm³/mol. The number of rotatable bonds is 5. The van der Waals surface area contributed by atoms with Gasteiger partial charge in [-0.25, -0.2) is 9.97 Å². The summed E-state index contributed by atoms with van der Waals surface area (Å²) in [7, 11) is -1.46. The SMILES string of the molecule is N#Cc1ccc(B(O)O)cc1.O=C(c1ccc(Oc2ncccc2Br)cc1)c1nc2ccccc2s1. The first-order valence-corrected chi connectivity index (χ1v) is 12.2. The summed E-state index contributed by atoms with van der Waals surface area (Å²) in [6.45, 7) is 0. The Kier molecular flexibility index (Phi) is 8.20. The predicted octanol–water partition coefficient (Wildman–Crippen LogP) is 4.72. The van der Waals surface area contributed by atoms with Gasteiger partial charge in [-0.2, -0.15) is 5.26 Å². The molecule has 0 unspecified atom stereocenters. The van der Waals surface area contributed by atoms with Crippen molar-refractivity contribution >= 4 is 55.8 Å². The van der Waals surface area contributed by atoms with E-state index in [2.05, 4.69) is 25.9 Å². The van der Waals surface area contributed by atoms with Gasteiger partial charge in [-0.1, -0.05) is 24.3 Å². The van der Waals surface area contributed by atoms with Crippen LogP contribution in [-0.2, 0) is 0 Å². The van der Waals surface area contributed by atoms with Crippen LogP contribution < -0.4 is 10.2 Å². The third-order valence-electron chi connectivity index (χ3n) is 4.88. The van der Waals surface area contributed by atoms with Gasteiger partial charge in [-0.05, 0) is 82.1 Å². The Balaban J connectivity index is 0.000000233. The summed E-state index contributed by atoms with van der Waals surface area (Å²) in [4.78, 5) is 21.2. The Bertz CT molecular complexity index is 1500. The van der Waals surface area contributed by atoms with Crippen LogP contribution in [0.4, 0.5) is 0 Å². The lowest BCUT2D eigenvalue weighted by Crippen LogP contribution is -2.29. The summed E-state index contributed by atoms with van der Waals surface area (Å²) in [5.74, 6) is 1.000. The maximum atomic E-state index is 12.6. The monoisotopic (exact) mass is 557 g/mol. The van der Waals surface area contributed by atoms with E-state index in [0.29, 0.717) is 33.2 Å². The fraction of sp³-hybridized carbons (Fsp3) is 0. The molecule has 2 aromatic heterocycles. The summed E-state index contributed by atoms with van der Waals surface area (Å²) >= 11 is 4.79. The number of halogens is 1. The molecular weight excluding hydrogens is 541 g/mol. The number of hydrogen-bond acceptors (Lipinski definition) is 8. The molecule has 36 heavy (non-hydrogen) atoms. The van der Waals surface area contributed by atoms with Gasteiger partial charge in [-0.3, -0.25) is 4.79 Å². The Morgan fingerprint density at radius 3 is 2.33 bits per heavy atom. The lowest BCUT2D eigenvalue weighted by atomic mass is 9.80. The van der Waals surface area contributed by atoms with Gasteiger partial charge in [-0.15, -0.1) is 11.3 Å². The number of ketones is 1. The number of pyridine rings is 1. The zero-order chi connectivity index (χ0) is 25.5. The average Bonchev–Trinajstić information content (AvgIpc) is 3.35. The van der Waals surface area contributed by atoms with Gasteiger partial charge in [0.05, 0.1) is 26.3 Å². The molecule has 0 spiro atoms. The summed E-state index contributed by atoms with van der Waals surface area (Å²) in [6.07, 6.45) is 1.66. The van der Waals surface area contributed by atoms with Gasteiger partial charge < -0.3 is 14.8 Å². The Labute approximate surface area is 219 Å². The molecule has 0 fully saturated rings. The van der Waals surface area contributed by atoms with Crippen molar-refractivity contribution in [2.45, 2.75) is 0 Å². The minimum atomic E-state index is -1.46. The molecular formula is C26H17BBrN3O4S. The topological polar surface area (TPSA) is 116 Å². The molecule has 3 aromatic carbocycles. The molecule has 7 nitrogen and oxygen atoms in total. The van der Waals surface area contributed by atoms with E-state index in [1.807, 2.05) is 42.5 Å². The van der Waals surface area contributed by atoms with E-state index >= 15 is 0 Å². The molecule has 0 radical (unpaired) electrons. The lowest BCUT2D eigenvalue weighted by Gasteiger charge is -2.06. The highest BCUT2D eigenvalue weighted by atomic mass is 79.9. The largest absolute Gasteiger partial charge is 0.488 e. The fourth-order valence-electron chi connectivity index (χ4n) is 3.05. The van der Waals surface area contributed by atoms with Crippen molar-refractivity contribution in [3.05, 3.63) is 112 Å². The van der Waals surface area contributed by atoms with Crippen LogP contribution in [-0.4, -0.2) is 32.9 Å². The molecule has 2 N–H and O–H groups in total. The number of aromatic nitrogens is 2. The van der Waals surface area contributed by atoms with Crippen molar-refractivity contribution in [3.63, 3.8) is 0 Å². The number of carbonyl (C=O) groups is 1. The van der Waals surface area contributed by atoms with Crippen LogP contribution in [0.15, 0.2) is 95.6 Å². The molecule has 0 saturated carbocycles. The number of nitrogens with zero attached hydrogens (tertiary/aromatic N) is 3. The van der Waals surface area contributed by atoms with Crippen LogP contribution in [0.25, 0.3) is 10.2 Å². The molecule has 5 aromatic rings. The summed E-state index contributed by atoms with van der Waals surface area (Å²) < 4.78 is 7.49. The fourth-order valence-corrected chi connectivity index (χ4v) is 4.32. The maximum absolute atomic E-state index is 12.6. The van der Waals surface area contributed by atoms with Crippen LogP contribution in [0.2, 0.25) is 0 Å². The Morgan fingerprint density at radius 1 is 0.972 bits per heavy atom. The molecule has 0 aliphatic heterocycles. The zero-order valence-electron chi connectivity index (χ0n) is 18.6. The number of hydrogen-bond donors (Lipinski definition) is 2. The van der Waals surface area contributed by atoms with E-state index in [1.165, 1.54) is 35.6 Å². The second-order valence-corrected chi connectivity index (χ2v) is 9.23. The van der Waals surface area contributed by atoms with E-state index in [0.717, 1.165) is 14.7 Å². The first kappa shape index (κ1) is 25.2. The summed E-state index contributed by atoms with van der Waals surface area (Å²) in [6, 6.07) is 26.4. The van der Waals surface area contributed by atoms with Gasteiger partial charge in [0.2, 0.25) is 11.7 Å². The number of fused-ring (bicyclic) bond motifs is 1. The quantitative estimate of drug-likeness (QED) is 0.237. The zero-order valence-corrected chi connectivity index (χ0v) is 21.0. The first-order valence-electron chi connectivity index (χ1n) is 10.6. The van der Waals surface area contributed by atoms with E-state index in [1.54, 1.807) is 30.5 Å². The normalized spacial score (nSPS) is 10.2. The van der Waals surface area contributed by atoms with Crippen molar-refractivity contribution in [1.29, 1.82) is 5.26 Å². The molecule has 10 heteroatoms. The molecule has 0 aliphatic carbocycles. The number of benzene rings is 3. The van der Waals surface area contributed by atoms with Crippen molar-refractivity contribution in [1.82, 2.24) is 9.97 Å². The lowest BCUT2D eigenvalue weighted by molar-refractivity contribution is 0.103. The second kappa shape index (κ2) is 11.7. The smallest absolute Gasteiger partial charge is 0.438 e. The molecule has 176 valence electrons. The second-order valence-electron chi connectivity index (χ2n) is 7.34. The summed E-state index contributed by atoms with van der Waals surface area (Å²) in [5, 5.41) is 26.2. The highest BCUT2D eigenvalue weighted by Gasteiger charge is 2.15. The number of ether oxygens (including phenoxy) is 1. The van der Waals surface area contributed by atoms with Crippen LogP contribution in [0, 0.1) is 11.3 Å². The van der Waals surface area contributed by atoms with Crippen LogP contribution >= 0.6 is 27.3 Å². The van der Waals surface area contributed by atoms with Crippen molar-refractivity contribution in [2.75, 3.05) is 0 Å². The number of para-hydroxylation sites is 1. The third kappa shape index (κ3) is 6.21. The Hall–Kier alpha value is -3.88. The number of thiazole rings is 1. The average molecular weight is 558 g/mol. The minimum absolute atomic E-state index is 0.0910. The highest BCUT2D eigenvalue weighted by Crippen LogP contribution is 2.28. The minimum Gasteiger partial charge on any atom is -0.438 e. The third-order valence-corrected chi connectivity index (χ3v) is 6.52. The first-order chi connectivity index (χ1) is 17.4. The standard InChI is InChI=1S/C19H11BrN2O2S.C7H6BNO2/c20-14-4-3-11-21-18(14)24-13-9-7-12(8-10-13)17(23)19-22-15-5-1-2-6-16(15)25-19;9-5-6-1-3-7(4-2-6)8(10)11/h1-11H;1-4,10-11H. The van der Waals surface area contributed by atoms with Gasteiger partial charge in [0.15, 0.2) is 5.01 Å². The molecule has 2 heterocycles. The van der Waals surface area contributed by atoms with Gasteiger partial charge in [0.1, 0.15) is 5.75 Å². The molecule has 0 atom stereocenters. The number of nitriles is 1. The molecule has 0 bridgehead atoms. The molecule has 0 amide bonds. The van der Waals surface area contributed by atoms with Crippen LogP contribution in [0.1, 0.15) is 20.9 Å². The maximum Gasteiger partial charge on any atom is 0.488 e. The van der Waals surface area contributed by atoms with Crippen LogP contribution in [0.3, 0.4) is 0 Å². The molecule has 0 aliphatic rings. The van der Waals surface area contributed by atoms with E-state index in [-0.39, 0.29) is 5.78 Å². The van der Waals surface area contributed by atoms with Crippen molar-refractivity contribution in [2.24, 2.45) is 0 Å².